The maximum absolute atomic E-state index is 12.8. The van der Waals surface area contributed by atoms with E-state index in [9.17, 15) is 4.39 Å². The molecular formula is C18H17FS. The van der Waals surface area contributed by atoms with Crippen LogP contribution >= 0.6 is 11.3 Å². The lowest BCUT2D eigenvalue weighted by molar-refractivity contribution is 0.450. The Morgan fingerprint density at radius 2 is 2.05 bits per heavy atom. The minimum atomic E-state index is -0.215. The summed E-state index contributed by atoms with van der Waals surface area (Å²) in [6.45, 7) is 2.28. The lowest BCUT2D eigenvalue weighted by Gasteiger charge is -2.19. The molecule has 0 amide bonds. The summed E-state index contributed by atoms with van der Waals surface area (Å²) in [5, 5.41) is 0. The molecule has 102 valence electrons. The van der Waals surface area contributed by atoms with Gasteiger partial charge in [0, 0.05) is 10.4 Å². The first-order valence-corrected chi connectivity index (χ1v) is 7.95. The van der Waals surface area contributed by atoms with Gasteiger partial charge in [0.1, 0.15) is 5.82 Å². The minimum Gasteiger partial charge on any atom is -0.207 e. The number of hydrogen-bond acceptors (Lipinski definition) is 1. The Balaban J connectivity index is 1.80. The summed E-state index contributed by atoms with van der Waals surface area (Å²) >= 11 is 1.83. The highest BCUT2D eigenvalue weighted by atomic mass is 32.1. The van der Waals surface area contributed by atoms with Gasteiger partial charge in [-0.15, -0.1) is 11.3 Å². The normalized spacial score (nSPS) is 17.2. The molecule has 0 spiro atoms. The SMILES string of the molecule is CCC1CCc2cc(C#Cc3ccc(F)cc3)sc2C1. The first-order chi connectivity index (χ1) is 9.74. The summed E-state index contributed by atoms with van der Waals surface area (Å²) in [5.74, 6) is 6.96. The molecule has 1 aromatic carbocycles. The minimum absolute atomic E-state index is 0.215. The van der Waals surface area contributed by atoms with Gasteiger partial charge in [0.05, 0.1) is 4.88 Å². The number of benzene rings is 1. The smallest absolute Gasteiger partial charge is 0.123 e. The van der Waals surface area contributed by atoms with E-state index >= 15 is 0 Å². The Hall–Kier alpha value is -1.59. The van der Waals surface area contributed by atoms with Gasteiger partial charge < -0.3 is 0 Å². The van der Waals surface area contributed by atoms with Crippen molar-refractivity contribution in [3.63, 3.8) is 0 Å². The monoisotopic (exact) mass is 284 g/mol. The molecule has 1 aromatic heterocycles. The highest BCUT2D eigenvalue weighted by Crippen LogP contribution is 2.33. The highest BCUT2D eigenvalue weighted by molar-refractivity contribution is 7.12. The molecule has 0 aliphatic heterocycles. The second-order valence-corrected chi connectivity index (χ2v) is 6.47. The van der Waals surface area contributed by atoms with E-state index in [0.717, 1.165) is 16.4 Å². The fourth-order valence-electron chi connectivity index (χ4n) is 2.65. The molecule has 2 heteroatoms. The van der Waals surface area contributed by atoms with Crippen LogP contribution in [0.3, 0.4) is 0 Å². The molecule has 3 rings (SSSR count). The van der Waals surface area contributed by atoms with E-state index in [2.05, 4.69) is 24.8 Å². The molecule has 1 aliphatic carbocycles. The average molecular weight is 284 g/mol. The van der Waals surface area contributed by atoms with Crippen LogP contribution in [0.2, 0.25) is 0 Å². The van der Waals surface area contributed by atoms with Crippen molar-refractivity contribution in [3.05, 3.63) is 57.0 Å². The summed E-state index contributed by atoms with van der Waals surface area (Å²) < 4.78 is 12.8. The fourth-order valence-corrected chi connectivity index (χ4v) is 3.83. The fraction of sp³-hybridized carbons (Fsp3) is 0.333. The van der Waals surface area contributed by atoms with Crippen LogP contribution in [0, 0.1) is 23.6 Å². The zero-order valence-electron chi connectivity index (χ0n) is 11.6. The van der Waals surface area contributed by atoms with Gasteiger partial charge in [-0.1, -0.05) is 25.2 Å². The van der Waals surface area contributed by atoms with Crippen LogP contribution in [-0.2, 0) is 12.8 Å². The molecule has 0 bridgehead atoms. The van der Waals surface area contributed by atoms with Crippen molar-refractivity contribution in [1.29, 1.82) is 0 Å². The van der Waals surface area contributed by atoms with Crippen molar-refractivity contribution in [1.82, 2.24) is 0 Å². The van der Waals surface area contributed by atoms with Gasteiger partial charge in [-0.05, 0) is 61.1 Å². The Labute approximate surface area is 123 Å². The average Bonchev–Trinajstić information content (AvgIpc) is 2.88. The Morgan fingerprint density at radius 1 is 1.25 bits per heavy atom. The first-order valence-electron chi connectivity index (χ1n) is 7.13. The highest BCUT2D eigenvalue weighted by Gasteiger charge is 2.19. The van der Waals surface area contributed by atoms with Gasteiger partial charge in [0.15, 0.2) is 0 Å². The number of halogens is 1. The zero-order chi connectivity index (χ0) is 13.9. The maximum Gasteiger partial charge on any atom is 0.123 e. The quantitative estimate of drug-likeness (QED) is 0.660. The summed E-state index contributed by atoms with van der Waals surface area (Å²) in [6.07, 6.45) is 5.00. The molecule has 1 aliphatic rings. The number of hydrogen-bond donors (Lipinski definition) is 0. The van der Waals surface area contributed by atoms with E-state index in [4.69, 9.17) is 0 Å². The van der Waals surface area contributed by atoms with Crippen LogP contribution in [-0.4, -0.2) is 0 Å². The van der Waals surface area contributed by atoms with Gasteiger partial charge in [0.25, 0.3) is 0 Å². The summed E-state index contributed by atoms with van der Waals surface area (Å²) in [5.41, 5.74) is 2.35. The van der Waals surface area contributed by atoms with Crippen molar-refractivity contribution in [3.8, 4) is 11.8 Å². The molecule has 0 saturated heterocycles. The van der Waals surface area contributed by atoms with Crippen LogP contribution in [0.1, 0.15) is 40.6 Å². The van der Waals surface area contributed by atoms with Gasteiger partial charge in [0.2, 0.25) is 0 Å². The van der Waals surface area contributed by atoms with Crippen molar-refractivity contribution in [2.75, 3.05) is 0 Å². The van der Waals surface area contributed by atoms with Gasteiger partial charge in [-0.25, -0.2) is 4.39 Å². The van der Waals surface area contributed by atoms with Gasteiger partial charge in [-0.2, -0.15) is 0 Å². The molecule has 20 heavy (non-hydrogen) atoms. The number of thiophene rings is 1. The van der Waals surface area contributed by atoms with Crippen molar-refractivity contribution < 1.29 is 4.39 Å². The third-order valence-electron chi connectivity index (χ3n) is 3.94. The summed E-state index contributed by atoms with van der Waals surface area (Å²) in [4.78, 5) is 2.66. The summed E-state index contributed by atoms with van der Waals surface area (Å²) in [7, 11) is 0. The standard InChI is InChI=1S/C18H17FS/c1-2-13-3-7-15-12-17(20-18(15)11-13)10-6-14-4-8-16(19)9-5-14/h4-5,8-9,12-13H,2-3,7,11H2,1H3. The van der Waals surface area contributed by atoms with Crippen LogP contribution < -0.4 is 0 Å². The second kappa shape index (κ2) is 5.81. The molecule has 0 fully saturated rings. The van der Waals surface area contributed by atoms with E-state index in [1.807, 2.05) is 11.3 Å². The number of aryl methyl sites for hydroxylation is 1. The zero-order valence-corrected chi connectivity index (χ0v) is 12.4. The van der Waals surface area contributed by atoms with Crippen LogP contribution in [0.4, 0.5) is 4.39 Å². The molecule has 1 unspecified atom stereocenters. The lowest BCUT2D eigenvalue weighted by Crippen LogP contribution is -2.10. The summed E-state index contributed by atoms with van der Waals surface area (Å²) in [6, 6.07) is 8.60. The van der Waals surface area contributed by atoms with E-state index in [1.165, 1.54) is 48.3 Å². The molecular weight excluding hydrogens is 267 g/mol. The predicted molar refractivity (Wildman–Crippen MR) is 82.5 cm³/mol. The third-order valence-corrected chi connectivity index (χ3v) is 5.06. The molecule has 1 heterocycles. The van der Waals surface area contributed by atoms with E-state index < -0.39 is 0 Å². The number of fused-ring (bicyclic) bond motifs is 1. The predicted octanol–water partition coefficient (Wildman–Crippen LogP) is 4.80. The molecule has 0 N–H and O–H groups in total. The Kier molecular flexibility index (Phi) is 3.89. The maximum atomic E-state index is 12.8. The Morgan fingerprint density at radius 3 is 2.80 bits per heavy atom. The van der Waals surface area contributed by atoms with Crippen molar-refractivity contribution in [2.45, 2.75) is 32.6 Å². The largest absolute Gasteiger partial charge is 0.207 e. The molecule has 0 saturated carbocycles. The number of rotatable bonds is 1. The van der Waals surface area contributed by atoms with Gasteiger partial charge in [-0.3, -0.25) is 0 Å². The van der Waals surface area contributed by atoms with Crippen LogP contribution in [0.25, 0.3) is 0 Å². The molecule has 0 radical (unpaired) electrons. The van der Waals surface area contributed by atoms with Crippen LogP contribution in [0.5, 0.6) is 0 Å². The van der Waals surface area contributed by atoms with E-state index in [1.54, 1.807) is 12.1 Å². The molecule has 1 atom stereocenters. The lowest BCUT2D eigenvalue weighted by atomic mass is 9.87. The molecule has 2 aromatic rings. The van der Waals surface area contributed by atoms with Crippen molar-refractivity contribution in [2.24, 2.45) is 5.92 Å². The Bertz CT molecular complexity index is 655. The van der Waals surface area contributed by atoms with Gasteiger partial charge >= 0.3 is 0 Å². The molecule has 0 nitrogen and oxygen atoms in total. The van der Waals surface area contributed by atoms with Crippen molar-refractivity contribution >= 4 is 11.3 Å². The topological polar surface area (TPSA) is 0 Å². The first kappa shape index (κ1) is 13.4. The third kappa shape index (κ3) is 2.94. The van der Waals surface area contributed by atoms with E-state index in [-0.39, 0.29) is 5.82 Å². The van der Waals surface area contributed by atoms with E-state index in [0.29, 0.717) is 0 Å². The van der Waals surface area contributed by atoms with Crippen LogP contribution in [0.15, 0.2) is 30.3 Å². The second-order valence-electron chi connectivity index (χ2n) is 5.33.